The smallest absolute Gasteiger partial charge is 0.202 e. The summed E-state index contributed by atoms with van der Waals surface area (Å²) in [7, 11) is 0. The van der Waals surface area contributed by atoms with Crippen LogP contribution in [0.25, 0.3) is 0 Å². The number of hydrogen-bond donors (Lipinski definition) is 2. The molecular formula is C7H14N4S. The second-order valence-corrected chi connectivity index (χ2v) is 3.67. The molecule has 5 heteroatoms. The second kappa shape index (κ2) is 4.37. The fourth-order valence-electron chi connectivity index (χ4n) is 0.778. The Morgan fingerprint density at radius 1 is 1.67 bits per heavy atom. The standard InChI is InChI=1S/C7H14N4S/c1-5(3-8)6(2)11-7-9-4-10-12-7/h4-6H,3,8H2,1-2H3,(H,9,10,11). The summed E-state index contributed by atoms with van der Waals surface area (Å²) < 4.78 is 3.90. The zero-order valence-corrected chi connectivity index (χ0v) is 8.14. The van der Waals surface area contributed by atoms with Crippen LogP contribution in [0.2, 0.25) is 0 Å². The summed E-state index contributed by atoms with van der Waals surface area (Å²) >= 11 is 1.37. The fraction of sp³-hybridized carbons (Fsp3) is 0.714. The minimum Gasteiger partial charge on any atom is -0.358 e. The van der Waals surface area contributed by atoms with Gasteiger partial charge in [0.15, 0.2) is 0 Å². The van der Waals surface area contributed by atoms with Crippen LogP contribution >= 0.6 is 11.5 Å². The molecule has 68 valence electrons. The first kappa shape index (κ1) is 9.41. The third-order valence-electron chi connectivity index (χ3n) is 1.94. The Morgan fingerprint density at radius 3 is 2.92 bits per heavy atom. The second-order valence-electron chi connectivity index (χ2n) is 2.89. The Morgan fingerprint density at radius 2 is 2.42 bits per heavy atom. The molecule has 0 saturated heterocycles. The first-order valence-corrected chi connectivity index (χ1v) is 4.74. The van der Waals surface area contributed by atoms with E-state index in [0.717, 1.165) is 5.13 Å². The third-order valence-corrected chi connectivity index (χ3v) is 2.53. The van der Waals surface area contributed by atoms with Crippen molar-refractivity contribution in [3.8, 4) is 0 Å². The summed E-state index contributed by atoms with van der Waals surface area (Å²) in [5.74, 6) is 0.453. The number of rotatable bonds is 4. The van der Waals surface area contributed by atoms with Crippen molar-refractivity contribution < 1.29 is 0 Å². The van der Waals surface area contributed by atoms with E-state index in [9.17, 15) is 0 Å². The van der Waals surface area contributed by atoms with Crippen molar-refractivity contribution in [2.75, 3.05) is 11.9 Å². The molecule has 0 radical (unpaired) electrons. The van der Waals surface area contributed by atoms with Crippen LogP contribution < -0.4 is 11.1 Å². The summed E-state index contributed by atoms with van der Waals surface area (Å²) in [6.07, 6.45) is 1.55. The van der Waals surface area contributed by atoms with Gasteiger partial charge in [-0.05, 0) is 19.4 Å². The van der Waals surface area contributed by atoms with Gasteiger partial charge in [0.1, 0.15) is 6.33 Å². The predicted molar refractivity (Wildman–Crippen MR) is 51.2 cm³/mol. The van der Waals surface area contributed by atoms with E-state index in [1.807, 2.05) is 0 Å². The Balaban J connectivity index is 2.41. The number of anilines is 1. The van der Waals surface area contributed by atoms with Gasteiger partial charge in [0, 0.05) is 17.6 Å². The first-order chi connectivity index (χ1) is 5.74. The molecule has 4 nitrogen and oxygen atoms in total. The summed E-state index contributed by atoms with van der Waals surface area (Å²) in [6.45, 7) is 4.89. The molecule has 1 aromatic heterocycles. The van der Waals surface area contributed by atoms with Crippen molar-refractivity contribution in [1.29, 1.82) is 0 Å². The molecule has 2 unspecified atom stereocenters. The van der Waals surface area contributed by atoms with Crippen LogP contribution in [0, 0.1) is 5.92 Å². The topological polar surface area (TPSA) is 63.8 Å². The zero-order chi connectivity index (χ0) is 8.97. The highest BCUT2D eigenvalue weighted by molar-refractivity contribution is 7.09. The van der Waals surface area contributed by atoms with E-state index in [2.05, 4.69) is 28.5 Å². The van der Waals surface area contributed by atoms with Crippen molar-refractivity contribution >= 4 is 16.7 Å². The van der Waals surface area contributed by atoms with E-state index in [1.54, 1.807) is 6.33 Å². The first-order valence-electron chi connectivity index (χ1n) is 3.97. The lowest BCUT2D eigenvalue weighted by Gasteiger charge is -2.18. The van der Waals surface area contributed by atoms with E-state index in [4.69, 9.17) is 5.73 Å². The van der Waals surface area contributed by atoms with Gasteiger partial charge >= 0.3 is 0 Å². The lowest BCUT2D eigenvalue weighted by molar-refractivity contribution is 0.521. The maximum Gasteiger partial charge on any atom is 0.202 e. The minimum absolute atomic E-state index is 0.350. The Labute approximate surface area is 76.4 Å². The number of aromatic nitrogens is 2. The van der Waals surface area contributed by atoms with Crippen molar-refractivity contribution in [2.45, 2.75) is 19.9 Å². The number of nitrogens with zero attached hydrogens (tertiary/aromatic N) is 2. The monoisotopic (exact) mass is 186 g/mol. The summed E-state index contributed by atoms with van der Waals surface area (Å²) in [6, 6.07) is 0.350. The van der Waals surface area contributed by atoms with Crippen molar-refractivity contribution in [3.63, 3.8) is 0 Å². The van der Waals surface area contributed by atoms with Crippen LogP contribution in [0.1, 0.15) is 13.8 Å². The average Bonchev–Trinajstić information content (AvgIpc) is 2.55. The van der Waals surface area contributed by atoms with Gasteiger partial charge in [0.05, 0.1) is 0 Å². The van der Waals surface area contributed by atoms with E-state index in [1.165, 1.54) is 11.5 Å². The van der Waals surface area contributed by atoms with Gasteiger partial charge in [-0.3, -0.25) is 0 Å². The maximum atomic E-state index is 5.53. The molecule has 3 N–H and O–H groups in total. The molecule has 0 aliphatic carbocycles. The molecule has 0 amide bonds. The Bertz CT molecular complexity index is 211. The molecule has 0 aliphatic heterocycles. The number of hydrogen-bond acceptors (Lipinski definition) is 5. The lowest BCUT2D eigenvalue weighted by Crippen LogP contribution is -2.29. The van der Waals surface area contributed by atoms with Gasteiger partial charge < -0.3 is 11.1 Å². The predicted octanol–water partition coefficient (Wildman–Crippen LogP) is 0.933. The van der Waals surface area contributed by atoms with Crippen LogP contribution in [-0.2, 0) is 0 Å². The van der Waals surface area contributed by atoms with Crippen LogP contribution in [-0.4, -0.2) is 21.9 Å². The molecule has 0 saturated carbocycles. The third kappa shape index (κ3) is 2.42. The lowest BCUT2D eigenvalue weighted by atomic mass is 10.1. The summed E-state index contributed by atoms with van der Waals surface area (Å²) in [4.78, 5) is 4.03. The Kier molecular flexibility index (Phi) is 3.43. The van der Waals surface area contributed by atoms with E-state index in [-0.39, 0.29) is 0 Å². The highest BCUT2D eigenvalue weighted by Crippen LogP contribution is 2.11. The Hall–Kier alpha value is -0.680. The quantitative estimate of drug-likeness (QED) is 0.734. The molecule has 1 heterocycles. The molecule has 0 aromatic carbocycles. The molecule has 0 spiro atoms. The van der Waals surface area contributed by atoms with Crippen molar-refractivity contribution in [1.82, 2.24) is 9.36 Å². The molecule has 0 aliphatic rings. The molecular weight excluding hydrogens is 172 g/mol. The van der Waals surface area contributed by atoms with Gasteiger partial charge in [-0.15, -0.1) is 0 Å². The van der Waals surface area contributed by atoms with Gasteiger partial charge in [-0.2, -0.15) is 4.37 Å². The van der Waals surface area contributed by atoms with Gasteiger partial charge in [0.25, 0.3) is 0 Å². The van der Waals surface area contributed by atoms with Crippen LogP contribution in [0.15, 0.2) is 6.33 Å². The number of nitrogens with two attached hydrogens (primary N) is 1. The van der Waals surface area contributed by atoms with Crippen molar-refractivity contribution in [3.05, 3.63) is 6.33 Å². The highest BCUT2D eigenvalue weighted by atomic mass is 32.1. The molecule has 0 bridgehead atoms. The molecule has 1 rings (SSSR count). The van der Waals surface area contributed by atoms with E-state index in [0.29, 0.717) is 18.5 Å². The van der Waals surface area contributed by atoms with Gasteiger partial charge in [0.2, 0.25) is 5.13 Å². The number of nitrogens with one attached hydrogen (secondary N) is 1. The van der Waals surface area contributed by atoms with E-state index >= 15 is 0 Å². The van der Waals surface area contributed by atoms with Crippen molar-refractivity contribution in [2.24, 2.45) is 11.7 Å². The summed E-state index contributed by atoms with van der Waals surface area (Å²) in [5, 5.41) is 4.10. The highest BCUT2D eigenvalue weighted by Gasteiger charge is 2.10. The molecule has 12 heavy (non-hydrogen) atoms. The van der Waals surface area contributed by atoms with Gasteiger partial charge in [-0.1, -0.05) is 6.92 Å². The van der Waals surface area contributed by atoms with Crippen LogP contribution in [0.3, 0.4) is 0 Å². The van der Waals surface area contributed by atoms with Crippen LogP contribution in [0.5, 0.6) is 0 Å². The fourth-order valence-corrected chi connectivity index (χ4v) is 1.30. The minimum atomic E-state index is 0.350. The normalized spacial score (nSPS) is 15.6. The molecule has 0 fully saturated rings. The molecule has 2 atom stereocenters. The van der Waals surface area contributed by atoms with Gasteiger partial charge in [-0.25, -0.2) is 4.98 Å². The largest absolute Gasteiger partial charge is 0.358 e. The summed E-state index contributed by atoms with van der Waals surface area (Å²) in [5.41, 5.74) is 5.53. The molecule has 1 aromatic rings. The van der Waals surface area contributed by atoms with Crippen LogP contribution in [0.4, 0.5) is 5.13 Å². The SMILES string of the molecule is CC(CN)C(C)Nc1ncns1. The van der Waals surface area contributed by atoms with E-state index < -0.39 is 0 Å². The zero-order valence-electron chi connectivity index (χ0n) is 7.32. The maximum absolute atomic E-state index is 5.53. The average molecular weight is 186 g/mol.